The Labute approximate surface area is 256 Å². The summed E-state index contributed by atoms with van der Waals surface area (Å²) in [7, 11) is -1.86. The number of carbonyl (C=O) groups excluding carboxylic acids is 1. The van der Waals surface area contributed by atoms with E-state index in [9.17, 15) is 23.1 Å². The number of carbonyl (C=O) groups is 1. The van der Waals surface area contributed by atoms with Crippen LogP contribution in [0.4, 0.5) is 0 Å². The molecule has 2 aliphatic rings. The summed E-state index contributed by atoms with van der Waals surface area (Å²) in [5.74, 6) is -0.701. The zero-order valence-corrected chi connectivity index (χ0v) is 26.3. The lowest BCUT2D eigenvalue weighted by atomic mass is 9.80. The molecule has 6 rings (SSSR count). The van der Waals surface area contributed by atoms with Crippen LogP contribution in [0.1, 0.15) is 30.7 Å². The number of halogens is 1. The number of sulfonamides is 1. The molecule has 5 heterocycles. The van der Waals surface area contributed by atoms with Crippen LogP contribution in [0.2, 0.25) is 0 Å². The predicted molar refractivity (Wildman–Crippen MR) is 164 cm³/mol. The Hall–Kier alpha value is -2.84. The topological polar surface area (TPSA) is 118 Å². The number of piperidine rings is 2. The largest absolute Gasteiger partial charge is 0.388 e. The second kappa shape index (κ2) is 11.3. The molecule has 2 fully saturated rings. The lowest BCUT2D eigenvalue weighted by Gasteiger charge is -2.43. The summed E-state index contributed by atoms with van der Waals surface area (Å²) < 4.78 is 32.6. The Balaban J connectivity index is 1.17. The molecule has 0 saturated carbocycles. The zero-order valence-electron chi connectivity index (χ0n) is 23.1. The molecule has 4 aromatic rings. The highest BCUT2D eigenvalue weighted by Gasteiger charge is 2.43. The normalized spacial score (nSPS) is 21.5. The molecule has 2 saturated heterocycles. The van der Waals surface area contributed by atoms with Crippen molar-refractivity contribution in [1.29, 1.82) is 0 Å². The van der Waals surface area contributed by atoms with Gasteiger partial charge in [-0.25, -0.2) is 13.4 Å². The van der Waals surface area contributed by atoms with Crippen LogP contribution < -0.4 is 5.56 Å². The zero-order chi connectivity index (χ0) is 29.6. The van der Waals surface area contributed by atoms with E-state index in [4.69, 9.17) is 0 Å². The number of benzene rings is 1. The second-order valence-electron chi connectivity index (χ2n) is 11.2. The van der Waals surface area contributed by atoms with Crippen LogP contribution in [0.25, 0.3) is 11.0 Å². The number of hydrogen-bond acceptors (Lipinski definition) is 7. The van der Waals surface area contributed by atoms with E-state index in [1.807, 2.05) is 37.4 Å². The Kier molecular flexibility index (Phi) is 7.90. The van der Waals surface area contributed by atoms with Crippen LogP contribution in [0.3, 0.4) is 0 Å². The Morgan fingerprint density at radius 1 is 1.12 bits per heavy atom. The molecule has 2 atom stereocenters. The fraction of sp³-hybridized carbons (Fsp3) is 0.414. The van der Waals surface area contributed by atoms with E-state index in [0.717, 1.165) is 9.35 Å². The molecular formula is C29H32BrN5O5S2. The summed E-state index contributed by atoms with van der Waals surface area (Å²) in [5.41, 5.74) is 0.184. The van der Waals surface area contributed by atoms with Crippen molar-refractivity contribution in [2.24, 2.45) is 13.0 Å². The molecular weight excluding hydrogens is 642 g/mol. The molecule has 0 bridgehead atoms. The first-order valence-electron chi connectivity index (χ1n) is 13.9. The smallest absolute Gasteiger partial charge is 0.262 e. The van der Waals surface area contributed by atoms with E-state index in [2.05, 4.69) is 20.9 Å². The van der Waals surface area contributed by atoms with Crippen molar-refractivity contribution in [2.45, 2.75) is 41.5 Å². The number of amides is 1. The summed E-state index contributed by atoms with van der Waals surface area (Å²) >= 11 is 4.54. The van der Waals surface area contributed by atoms with Crippen LogP contribution in [0.15, 0.2) is 73.8 Å². The number of aryl methyl sites for hydroxylation is 1. The number of fused-ring (bicyclic) bond motifs is 1. The molecule has 1 aromatic carbocycles. The number of hydrogen-bond donors (Lipinski definition) is 1. The maximum Gasteiger partial charge on any atom is 0.262 e. The van der Waals surface area contributed by atoms with Gasteiger partial charge in [-0.05, 0) is 59.0 Å². The number of thiophene rings is 1. The number of likely N-dealkylation sites (tertiary alicyclic amines) is 1. The average molecular weight is 675 g/mol. The van der Waals surface area contributed by atoms with Crippen LogP contribution in [-0.4, -0.2) is 74.5 Å². The summed E-state index contributed by atoms with van der Waals surface area (Å²) in [6.07, 6.45) is 4.32. The minimum atomic E-state index is -3.69. The maximum absolute atomic E-state index is 13.9. The molecule has 0 radical (unpaired) electrons. The molecule has 3 aromatic heterocycles. The van der Waals surface area contributed by atoms with E-state index >= 15 is 0 Å². The molecule has 1 amide bonds. The first kappa shape index (κ1) is 29.2. The minimum absolute atomic E-state index is 0.0219. The van der Waals surface area contributed by atoms with Gasteiger partial charge in [-0.1, -0.05) is 30.3 Å². The van der Waals surface area contributed by atoms with Crippen molar-refractivity contribution >= 4 is 54.2 Å². The van der Waals surface area contributed by atoms with Crippen molar-refractivity contribution in [1.82, 2.24) is 23.3 Å². The number of aliphatic hydroxyl groups is 1. The Bertz CT molecular complexity index is 1780. The lowest BCUT2D eigenvalue weighted by Crippen LogP contribution is -2.53. The standard InChI is InChI=1S/C29H32BrN5O5S2/c1-32-13-9-22-26(32)31-19-34(28(22)37)18-29(38)11-15-33(16-12-29)27(36)21-10-14-35(17-23(21)20-5-3-2-4-6-20)42(39,40)25-8-7-24(30)41-25/h2-9,13,19,21,23,38H,10-12,14-18H2,1H3/t21-,23+/m1/s1. The molecule has 2 aliphatic heterocycles. The van der Waals surface area contributed by atoms with Gasteiger partial charge in [0.15, 0.2) is 0 Å². The van der Waals surface area contributed by atoms with E-state index < -0.39 is 15.6 Å². The fourth-order valence-corrected chi connectivity index (χ4v) is 9.83. The van der Waals surface area contributed by atoms with Crippen molar-refractivity contribution < 1.29 is 18.3 Å². The van der Waals surface area contributed by atoms with E-state index in [-0.39, 0.29) is 47.1 Å². The molecule has 0 spiro atoms. The van der Waals surface area contributed by atoms with Gasteiger partial charge >= 0.3 is 0 Å². The summed E-state index contributed by atoms with van der Waals surface area (Å²) in [6, 6.07) is 14.7. The van der Waals surface area contributed by atoms with Crippen LogP contribution in [0.5, 0.6) is 0 Å². The van der Waals surface area contributed by atoms with E-state index in [1.165, 1.54) is 26.5 Å². The summed E-state index contributed by atoms with van der Waals surface area (Å²) in [4.78, 5) is 33.1. The predicted octanol–water partition coefficient (Wildman–Crippen LogP) is 3.41. The SMILES string of the molecule is Cn1ccc2c(=O)n(CC3(O)CCN(C(=O)[C@@H]4CCN(S(=O)(=O)c5ccc(Br)s5)C[C@H]4c4ccccc4)CC3)cnc21. The van der Waals surface area contributed by atoms with Gasteiger partial charge < -0.3 is 14.6 Å². The van der Waals surface area contributed by atoms with Crippen LogP contribution in [0, 0.1) is 5.92 Å². The third-order valence-electron chi connectivity index (χ3n) is 8.58. The molecule has 10 nitrogen and oxygen atoms in total. The maximum atomic E-state index is 13.9. The van der Waals surface area contributed by atoms with E-state index in [1.54, 1.807) is 33.9 Å². The number of aromatic nitrogens is 3. The van der Waals surface area contributed by atoms with Crippen molar-refractivity contribution in [3.8, 4) is 0 Å². The lowest BCUT2D eigenvalue weighted by molar-refractivity contribution is -0.142. The third kappa shape index (κ3) is 5.48. The third-order valence-corrected chi connectivity index (χ3v) is 12.5. The van der Waals surface area contributed by atoms with Gasteiger partial charge in [0.2, 0.25) is 5.91 Å². The monoisotopic (exact) mass is 673 g/mol. The summed E-state index contributed by atoms with van der Waals surface area (Å²) in [5, 5.41) is 11.9. The molecule has 1 N–H and O–H groups in total. The highest BCUT2D eigenvalue weighted by molar-refractivity contribution is 9.11. The first-order valence-corrected chi connectivity index (χ1v) is 16.9. The average Bonchev–Trinajstić information content (AvgIpc) is 3.61. The van der Waals surface area contributed by atoms with Gasteiger partial charge in [0.1, 0.15) is 16.2 Å². The van der Waals surface area contributed by atoms with Crippen LogP contribution >= 0.6 is 27.3 Å². The number of nitrogens with zero attached hydrogens (tertiary/aromatic N) is 5. The minimum Gasteiger partial charge on any atom is -0.388 e. The van der Waals surface area contributed by atoms with Gasteiger partial charge in [0.25, 0.3) is 15.6 Å². The van der Waals surface area contributed by atoms with Gasteiger partial charge in [0, 0.05) is 51.3 Å². The molecule has 0 unspecified atom stereocenters. The highest BCUT2D eigenvalue weighted by Crippen LogP contribution is 2.38. The first-order chi connectivity index (χ1) is 20.1. The van der Waals surface area contributed by atoms with E-state index in [0.29, 0.717) is 43.4 Å². The molecule has 42 heavy (non-hydrogen) atoms. The molecule has 13 heteroatoms. The molecule has 0 aliphatic carbocycles. The van der Waals surface area contributed by atoms with Crippen LogP contribution in [-0.2, 0) is 28.4 Å². The highest BCUT2D eigenvalue weighted by atomic mass is 79.9. The summed E-state index contributed by atoms with van der Waals surface area (Å²) in [6.45, 7) is 1.29. The quantitative estimate of drug-likeness (QED) is 0.335. The van der Waals surface area contributed by atoms with Gasteiger partial charge in [-0.2, -0.15) is 4.31 Å². The van der Waals surface area contributed by atoms with Crippen molar-refractivity contribution in [2.75, 3.05) is 26.2 Å². The molecule has 222 valence electrons. The Morgan fingerprint density at radius 2 is 1.86 bits per heavy atom. The Morgan fingerprint density at radius 3 is 2.55 bits per heavy atom. The van der Waals surface area contributed by atoms with Crippen molar-refractivity contribution in [3.05, 3.63) is 80.8 Å². The second-order valence-corrected chi connectivity index (χ2v) is 15.9. The van der Waals surface area contributed by atoms with Crippen molar-refractivity contribution in [3.63, 3.8) is 0 Å². The fourth-order valence-electron chi connectivity index (χ4n) is 6.18. The van der Waals surface area contributed by atoms with Gasteiger partial charge in [-0.15, -0.1) is 11.3 Å². The van der Waals surface area contributed by atoms with Gasteiger partial charge in [0.05, 0.1) is 21.3 Å². The van der Waals surface area contributed by atoms with Gasteiger partial charge in [-0.3, -0.25) is 14.2 Å². The number of rotatable bonds is 6.